The van der Waals surface area contributed by atoms with Gasteiger partial charge in [-0.3, -0.25) is 18.7 Å². The van der Waals surface area contributed by atoms with Crippen molar-refractivity contribution in [1.29, 1.82) is 0 Å². The summed E-state index contributed by atoms with van der Waals surface area (Å²) in [5.74, 6) is -0.349. The van der Waals surface area contributed by atoms with Crippen molar-refractivity contribution in [3.8, 4) is 11.3 Å². The van der Waals surface area contributed by atoms with Gasteiger partial charge in [-0.1, -0.05) is 61.4 Å². The SMILES string of the molecule is O=C(NCCCn1c(C(=O)N2CCNCC2)c(-c2ccccc2)n(C2CCCCC2O)c1=O)c1ccccc1. The number of hydrogen-bond donors (Lipinski definition) is 3. The number of aromatic nitrogens is 2. The van der Waals surface area contributed by atoms with Gasteiger partial charge in [-0.15, -0.1) is 0 Å². The van der Waals surface area contributed by atoms with Gasteiger partial charge < -0.3 is 20.6 Å². The second-order valence-electron chi connectivity index (χ2n) is 10.3. The molecule has 2 atom stereocenters. The van der Waals surface area contributed by atoms with Crippen molar-refractivity contribution in [2.75, 3.05) is 32.7 Å². The maximum Gasteiger partial charge on any atom is 0.329 e. The number of piperazine rings is 1. The zero-order valence-electron chi connectivity index (χ0n) is 22.2. The van der Waals surface area contributed by atoms with Crippen LogP contribution in [0.2, 0.25) is 0 Å². The van der Waals surface area contributed by atoms with Crippen molar-refractivity contribution >= 4 is 11.8 Å². The first-order chi connectivity index (χ1) is 19.1. The fourth-order valence-corrected chi connectivity index (χ4v) is 5.71. The van der Waals surface area contributed by atoms with Gasteiger partial charge in [0.2, 0.25) is 0 Å². The highest BCUT2D eigenvalue weighted by Crippen LogP contribution is 2.34. The Morgan fingerprint density at radius 2 is 1.62 bits per heavy atom. The number of carbonyl (C=O) groups is 2. The molecule has 1 aliphatic carbocycles. The summed E-state index contributed by atoms with van der Waals surface area (Å²) in [7, 11) is 0. The van der Waals surface area contributed by atoms with Gasteiger partial charge >= 0.3 is 5.69 Å². The van der Waals surface area contributed by atoms with E-state index in [4.69, 9.17) is 0 Å². The summed E-state index contributed by atoms with van der Waals surface area (Å²) in [6, 6.07) is 18.1. The molecule has 2 aromatic carbocycles. The van der Waals surface area contributed by atoms with Crippen molar-refractivity contribution in [1.82, 2.24) is 24.7 Å². The molecule has 2 fully saturated rings. The van der Waals surface area contributed by atoms with Crippen molar-refractivity contribution in [3.05, 3.63) is 82.4 Å². The molecule has 3 N–H and O–H groups in total. The average molecular weight is 532 g/mol. The van der Waals surface area contributed by atoms with Gasteiger partial charge in [0.25, 0.3) is 11.8 Å². The predicted molar refractivity (Wildman–Crippen MR) is 150 cm³/mol. The van der Waals surface area contributed by atoms with Crippen LogP contribution in [0.5, 0.6) is 0 Å². The predicted octanol–water partition coefficient (Wildman–Crippen LogP) is 2.66. The summed E-state index contributed by atoms with van der Waals surface area (Å²) in [5.41, 5.74) is 2.01. The Morgan fingerprint density at radius 1 is 0.949 bits per heavy atom. The van der Waals surface area contributed by atoms with Crippen LogP contribution in [0, 0.1) is 0 Å². The molecule has 2 amide bonds. The second kappa shape index (κ2) is 12.4. The molecule has 0 bridgehead atoms. The molecular formula is C30H37N5O4. The zero-order chi connectivity index (χ0) is 27.2. The molecule has 2 heterocycles. The van der Waals surface area contributed by atoms with Crippen LogP contribution in [0.25, 0.3) is 11.3 Å². The van der Waals surface area contributed by atoms with Gasteiger partial charge in [-0.05, 0) is 31.4 Å². The Labute approximate surface area is 228 Å². The van der Waals surface area contributed by atoms with Gasteiger partial charge in [0.05, 0.1) is 17.8 Å². The van der Waals surface area contributed by atoms with E-state index in [2.05, 4.69) is 10.6 Å². The number of benzene rings is 2. The molecule has 2 unspecified atom stereocenters. The second-order valence-corrected chi connectivity index (χ2v) is 10.3. The van der Waals surface area contributed by atoms with Gasteiger partial charge in [0.1, 0.15) is 5.69 Å². The summed E-state index contributed by atoms with van der Waals surface area (Å²) in [6.07, 6.45) is 2.97. The molecule has 1 aromatic heterocycles. The highest BCUT2D eigenvalue weighted by molar-refractivity contribution is 5.99. The number of aliphatic hydroxyl groups is 1. The Hall–Kier alpha value is -3.69. The van der Waals surface area contributed by atoms with E-state index in [0.717, 1.165) is 18.4 Å². The van der Waals surface area contributed by atoms with E-state index in [0.29, 0.717) is 68.9 Å². The summed E-state index contributed by atoms with van der Waals surface area (Å²) >= 11 is 0. The van der Waals surface area contributed by atoms with Crippen molar-refractivity contribution in [3.63, 3.8) is 0 Å². The van der Waals surface area contributed by atoms with Crippen LogP contribution in [-0.2, 0) is 6.54 Å². The summed E-state index contributed by atoms with van der Waals surface area (Å²) in [4.78, 5) is 42.5. The van der Waals surface area contributed by atoms with Gasteiger partial charge in [-0.25, -0.2) is 4.79 Å². The Bertz CT molecular complexity index is 1330. The lowest BCUT2D eigenvalue weighted by Gasteiger charge is -2.30. The molecule has 9 heteroatoms. The minimum Gasteiger partial charge on any atom is -0.391 e. The number of aliphatic hydroxyl groups excluding tert-OH is 1. The van der Waals surface area contributed by atoms with Crippen LogP contribution in [-0.4, -0.2) is 69.8 Å². The first-order valence-electron chi connectivity index (χ1n) is 14.0. The van der Waals surface area contributed by atoms with E-state index in [1.165, 1.54) is 0 Å². The van der Waals surface area contributed by atoms with E-state index in [1.54, 1.807) is 26.2 Å². The third-order valence-electron chi connectivity index (χ3n) is 7.73. The number of nitrogens with zero attached hydrogens (tertiary/aromatic N) is 3. The van der Waals surface area contributed by atoms with E-state index in [-0.39, 0.29) is 24.0 Å². The summed E-state index contributed by atoms with van der Waals surface area (Å²) < 4.78 is 3.25. The molecule has 3 aromatic rings. The van der Waals surface area contributed by atoms with Crippen LogP contribution in [0.1, 0.15) is 59.0 Å². The highest BCUT2D eigenvalue weighted by atomic mass is 16.3. The minimum atomic E-state index is -0.651. The standard InChI is InChI=1S/C30H37N5O4/c36-25-15-8-7-14-24(25)35-26(22-10-3-1-4-11-22)27(29(38)33-20-17-31-18-21-33)34(30(35)39)19-9-16-32-28(37)23-12-5-2-6-13-23/h1-6,10-13,24-25,31,36H,7-9,14-21H2,(H,32,37). The fraction of sp³-hybridized carbons (Fsp3) is 0.433. The number of imidazole rings is 1. The van der Waals surface area contributed by atoms with E-state index >= 15 is 0 Å². The maximum absolute atomic E-state index is 14.1. The molecule has 206 valence electrons. The Kier molecular flexibility index (Phi) is 8.58. The van der Waals surface area contributed by atoms with Gasteiger partial charge in [0, 0.05) is 50.4 Å². The average Bonchev–Trinajstić information content (AvgIpc) is 3.27. The fourth-order valence-electron chi connectivity index (χ4n) is 5.71. The quantitative estimate of drug-likeness (QED) is 0.388. The van der Waals surface area contributed by atoms with E-state index in [1.807, 2.05) is 48.5 Å². The molecule has 0 radical (unpaired) electrons. The third-order valence-corrected chi connectivity index (χ3v) is 7.73. The molecule has 9 nitrogen and oxygen atoms in total. The zero-order valence-corrected chi connectivity index (χ0v) is 22.2. The number of rotatable bonds is 8. The Balaban J connectivity index is 1.51. The van der Waals surface area contributed by atoms with E-state index < -0.39 is 12.1 Å². The van der Waals surface area contributed by atoms with E-state index in [9.17, 15) is 19.5 Å². The minimum absolute atomic E-state index is 0.173. The highest BCUT2D eigenvalue weighted by Gasteiger charge is 2.35. The lowest BCUT2D eigenvalue weighted by molar-refractivity contribution is 0.0719. The van der Waals surface area contributed by atoms with Crippen LogP contribution in [0.3, 0.4) is 0 Å². The molecule has 1 saturated carbocycles. The molecule has 1 aliphatic heterocycles. The smallest absolute Gasteiger partial charge is 0.329 e. The van der Waals surface area contributed by atoms with Crippen LogP contribution < -0.4 is 16.3 Å². The van der Waals surface area contributed by atoms with Crippen LogP contribution in [0.15, 0.2) is 65.5 Å². The third kappa shape index (κ3) is 5.84. The molecule has 2 aliphatic rings. The Morgan fingerprint density at radius 3 is 2.31 bits per heavy atom. The van der Waals surface area contributed by atoms with Crippen LogP contribution in [0.4, 0.5) is 0 Å². The lowest BCUT2D eigenvalue weighted by Crippen LogP contribution is -2.47. The molecule has 39 heavy (non-hydrogen) atoms. The van der Waals surface area contributed by atoms with Crippen molar-refractivity contribution in [2.45, 2.75) is 50.8 Å². The lowest BCUT2D eigenvalue weighted by atomic mass is 9.92. The van der Waals surface area contributed by atoms with Crippen molar-refractivity contribution < 1.29 is 14.7 Å². The first kappa shape index (κ1) is 26.9. The normalized spacial score (nSPS) is 19.6. The largest absolute Gasteiger partial charge is 0.391 e. The van der Waals surface area contributed by atoms with Crippen LogP contribution >= 0.6 is 0 Å². The summed E-state index contributed by atoms with van der Waals surface area (Å²) in [6.45, 7) is 3.15. The number of amides is 2. The molecule has 0 spiro atoms. The van der Waals surface area contributed by atoms with Gasteiger partial charge in [-0.2, -0.15) is 0 Å². The number of carbonyl (C=O) groups excluding carboxylic acids is 2. The molecule has 1 saturated heterocycles. The van der Waals surface area contributed by atoms with Crippen molar-refractivity contribution in [2.24, 2.45) is 0 Å². The molecular weight excluding hydrogens is 494 g/mol. The maximum atomic E-state index is 14.1. The number of nitrogens with one attached hydrogen (secondary N) is 2. The number of hydrogen-bond acceptors (Lipinski definition) is 5. The summed E-state index contributed by atoms with van der Waals surface area (Å²) in [5, 5.41) is 17.2. The topological polar surface area (TPSA) is 109 Å². The first-order valence-corrected chi connectivity index (χ1v) is 14.0. The molecule has 5 rings (SSSR count). The van der Waals surface area contributed by atoms with Gasteiger partial charge in [0.15, 0.2) is 0 Å². The monoisotopic (exact) mass is 531 g/mol.